The molecule has 4 heteroatoms. The van der Waals surface area contributed by atoms with Crippen LogP contribution < -0.4 is 0 Å². The van der Waals surface area contributed by atoms with E-state index in [2.05, 4.69) is 9.80 Å². The van der Waals surface area contributed by atoms with Crippen molar-refractivity contribution in [1.29, 1.82) is 0 Å². The van der Waals surface area contributed by atoms with E-state index in [1.807, 2.05) is 0 Å². The van der Waals surface area contributed by atoms with E-state index >= 15 is 0 Å². The molecular formula is C16H30N2O2. The molecule has 0 N–H and O–H groups in total. The van der Waals surface area contributed by atoms with Gasteiger partial charge in [0.25, 0.3) is 0 Å². The largest absolute Gasteiger partial charge is 0.379 e. The van der Waals surface area contributed by atoms with Gasteiger partial charge < -0.3 is 9.47 Å². The van der Waals surface area contributed by atoms with Crippen molar-refractivity contribution >= 4 is 0 Å². The molecule has 116 valence electrons. The normalized spacial score (nSPS) is 34.2. The molecule has 1 saturated carbocycles. The average molecular weight is 282 g/mol. The predicted octanol–water partition coefficient (Wildman–Crippen LogP) is 1.46. The molecule has 0 radical (unpaired) electrons. The number of morpholine rings is 2. The molecule has 1 aliphatic carbocycles. The molecule has 0 bridgehead atoms. The molecule has 20 heavy (non-hydrogen) atoms. The lowest BCUT2D eigenvalue weighted by Gasteiger charge is -2.36. The predicted molar refractivity (Wildman–Crippen MR) is 80.0 cm³/mol. The zero-order valence-electron chi connectivity index (χ0n) is 12.8. The molecule has 0 atom stereocenters. The Balaban J connectivity index is 1.33. The minimum atomic E-state index is 0.937. The van der Waals surface area contributed by atoms with Crippen LogP contribution in [0.1, 0.15) is 25.7 Å². The van der Waals surface area contributed by atoms with Crippen LogP contribution in [0.2, 0.25) is 0 Å². The monoisotopic (exact) mass is 282 g/mol. The molecule has 0 aromatic carbocycles. The van der Waals surface area contributed by atoms with Crippen molar-refractivity contribution in [2.75, 3.05) is 65.7 Å². The van der Waals surface area contributed by atoms with Crippen LogP contribution in [0.25, 0.3) is 0 Å². The van der Waals surface area contributed by atoms with Crippen LogP contribution in [0.4, 0.5) is 0 Å². The van der Waals surface area contributed by atoms with E-state index in [1.165, 1.54) is 38.8 Å². The summed E-state index contributed by atoms with van der Waals surface area (Å²) in [6, 6.07) is 0. The maximum atomic E-state index is 5.43. The van der Waals surface area contributed by atoms with Gasteiger partial charge in [-0.2, -0.15) is 0 Å². The Hall–Kier alpha value is -0.160. The maximum absolute atomic E-state index is 5.43. The van der Waals surface area contributed by atoms with Gasteiger partial charge in [0.1, 0.15) is 0 Å². The Kier molecular flexibility index (Phi) is 5.71. The molecule has 2 aliphatic heterocycles. The molecule has 0 spiro atoms. The minimum absolute atomic E-state index is 0.937. The Morgan fingerprint density at radius 2 is 0.950 bits per heavy atom. The summed E-state index contributed by atoms with van der Waals surface area (Å²) >= 11 is 0. The molecule has 3 aliphatic rings. The van der Waals surface area contributed by atoms with E-state index in [-0.39, 0.29) is 0 Å². The van der Waals surface area contributed by atoms with Gasteiger partial charge in [0.2, 0.25) is 0 Å². The van der Waals surface area contributed by atoms with Crippen LogP contribution in [0.15, 0.2) is 0 Å². The fourth-order valence-corrected chi connectivity index (χ4v) is 3.89. The summed E-state index contributed by atoms with van der Waals surface area (Å²) in [6.07, 6.45) is 5.75. The maximum Gasteiger partial charge on any atom is 0.0594 e. The van der Waals surface area contributed by atoms with Gasteiger partial charge in [0, 0.05) is 39.3 Å². The molecule has 3 rings (SSSR count). The number of hydrogen-bond acceptors (Lipinski definition) is 4. The molecule has 0 aromatic rings. The van der Waals surface area contributed by atoms with Crippen LogP contribution in [0.3, 0.4) is 0 Å². The summed E-state index contributed by atoms with van der Waals surface area (Å²) in [4.78, 5) is 5.22. The Labute approximate surface area is 123 Å². The third-order valence-electron chi connectivity index (χ3n) is 5.21. The van der Waals surface area contributed by atoms with Crippen molar-refractivity contribution in [2.24, 2.45) is 11.8 Å². The molecule has 0 aromatic heterocycles. The fraction of sp³-hybridized carbons (Fsp3) is 1.00. The zero-order valence-corrected chi connectivity index (χ0v) is 12.8. The summed E-state index contributed by atoms with van der Waals surface area (Å²) in [5, 5.41) is 0. The van der Waals surface area contributed by atoms with E-state index < -0.39 is 0 Å². The van der Waals surface area contributed by atoms with Crippen molar-refractivity contribution in [3.8, 4) is 0 Å². The van der Waals surface area contributed by atoms with E-state index in [4.69, 9.17) is 9.47 Å². The van der Waals surface area contributed by atoms with Gasteiger partial charge in [-0.15, -0.1) is 0 Å². The standard InChI is InChI=1S/C16H30N2O2/c1-2-16(14-18-7-11-20-12-8-18)4-3-15(1)13-17-5-9-19-10-6-17/h15-16H,1-14H2. The van der Waals surface area contributed by atoms with E-state index in [0.29, 0.717) is 0 Å². The van der Waals surface area contributed by atoms with E-state index in [9.17, 15) is 0 Å². The first-order chi connectivity index (χ1) is 9.90. The fourth-order valence-electron chi connectivity index (χ4n) is 3.89. The highest BCUT2D eigenvalue weighted by Crippen LogP contribution is 2.30. The third-order valence-corrected chi connectivity index (χ3v) is 5.21. The molecule has 0 amide bonds. The SMILES string of the molecule is C1CN(CC2CCC(CN3CCOCC3)CC2)CCO1. The summed E-state index contributed by atoms with van der Waals surface area (Å²) in [6.45, 7) is 11.0. The highest BCUT2D eigenvalue weighted by Gasteiger charge is 2.25. The van der Waals surface area contributed by atoms with Gasteiger partial charge in [-0.05, 0) is 37.5 Å². The molecule has 2 heterocycles. The highest BCUT2D eigenvalue weighted by atomic mass is 16.5. The summed E-state index contributed by atoms with van der Waals surface area (Å²) in [5.74, 6) is 1.88. The Morgan fingerprint density at radius 1 is 0.600 bits per heavy atom. The summed E-state index contributed by atoms with van der Waals surface area (Å²) in [7, 11) is 0. The molecular weight excluding hydrogens is 252 g/mol. The van der Waals surface area contributed by atoms with Crippen molar-refractivity contribution in [2.45, 2.75) is 25.7 Å². The molecule has 3 fully saturated rings. The lowest BCUT2D eigenvalue weighted by Crippen LogP contribution is -2.42. The molecule has 4 nitrogen and oxygen atoms in total. The first-order valence-corrected chi connectivity index (χ1v) is 8.50. The van der Waals surface area contributed by atoms with Gasteiger partial charge in [0.15, 0.2) is 0 Å². The zero-order chi connectivity index (χ0) is 13.6. The topological polar surface area (TPSA) is 24.9 Å². The molecule has 2 saturated heterocycles. The van der Waals surface area contributed by atoms with Crippen LogP contribution in [0, 0.1) is 11.8 Å². The van der Waals surface area contributed by atoms with Crippen molar-refractivity contribution in [1.82, 2.24) is 9.80 Å². The summed E-state index contributed by atoms with van der Waals surface area (Å²) < 4.78 is 10.9. The number of rotatable bonds is 4. The number of ether oxygens (including phenoxy) is 2. The van der Waals surface area contributed by atoms with Gasteiger partial charge >= 0.3 is 0 Å². The smallest absolute Gasteiger partial charge is 0.0594 e. The first-order valence-electron chi connectivity index (χ1n) is 8.50. The Morgan fingerprint density at radius 3 is 1.30 bits per heavy atom. The van der Waals surface area contributed by atoms with Crippen molar-refractivity contribution in [3.63, 3.8) is 0 Å². The number of hydrogen-bond donors (Lipinski definition) is 0. The lowest BCUT2D eigenvalue weighted by molar-refractivity contribution is 0.0178. The number of nitrogens with zero attached hydrogens (tertiary/aromatic N) is 2. The second-order valence-corrected chi connectivity index (χ2v) is 6.71. The van der Waals surface area contributed by atoms with Gasteiger partial charge in [-0.25, -0.2) is 0 Å². The molecule has 0 unspecified atom stereocenters. The van der Waals surface area contributed by atoms with Gasteiger partial charge in [0.05, 0.1) is 26.4 Å². The summed E-state index contributed by atoms with van der Waals surface area (Å²) in [5.41, 5.74) is 0. The Bertz CT molecular complexity index is 240. The quantitative estimate of drug-likeness (QED) is 0.779. The lowest BCUT2D eigenvalue weighted by atomic mass is 9.81. The second kappa shape index (κ2) is 7.74. The van der Waals surface area contributed by atoms with Crippen LogP contribution >= 0.6 is 0 Å². The van der Waals surface area contributed by atoms with Crippen molar-refractivity contribution < 1.29 is 9.47 Å². The van der Waals surface area contributed by atoms with E-state index in [0.717, 1.165) is 64.4 Å². The van der Waals surface area contributed by atoms with Crippen LogP contribution in [-0.2, 0) is 9.47 Å². The minimum Gasteiger partial charge on any atom is -0.379 e. The average Bonchev–Trinajstić information content (AvgIpc) is 2.51. The van der Waals surface area contributed by atoms with Crippen molar-refractivity contribution in [3.05, 3.63) is 0 Å². The van der Waals surface area contributed by atoms with E-state index in [1.54, 1.807) is 0 Å². The van der Waals surface area contributed by atoms with Crippen LogP contribution in [-0.4, -0.2) is 75.5 Å². The first kappa shape index (κ1) is 14.8. The van der Waals surface area contributed by atoms with Gasteiger partial charge in [-0.3, -0.25) is 9.80 Å². The highest BCUT2D eigenvalue weighted by molar-refractivity contribution is 4.78. The third kappa shape index (κ3) is 4.42. The second-order valence-electron chi connectivity index (χ2n) is 6.71. The van der Waals surface area contributed by atoms with Gasteiger partial charge in [-0.1, -0.05) is 0 Å². The van der Waals surface area contributed by atoms with Crippen LogP contribution in [0.5, 0.6) is 0 Å².